The lowest BCUT2D eigenvalue weighted by molar-refractivity contribution is -0.384. The first-order valence-electron chi connectivity index (χ1n) is 9.66. The Balaban J connectivity index is 2.03. The van der Waals surface area contributed by atoms with Crippen molar-refractivity contribution in [3.05, 3.63) is 74.3 Å². The second-order valence-electron chi connectivity index (χ2n) is 9.01. The van der Waals surface area contributed by atoms with Gasteiger partial charge < -0.3 is 5.11 Å². The fourth-order valence-corrected chi connectivity index (χ4v) is 4.38. The molecule has 0 aromatic heterocycles. The molecular weight excluding hydrogens is 354 g/mol. The summed E-state index contributed by atoms with van der Waals surface area (Å²) in [5.41, 5.74) is 4.65. The number of non-ortho nitro benzene ring substituents is 1. The summed E-state index contributed by atoms with van der Waals surface area (Å²) >= 11 is 0. The molecule has 1 aliphatic carbocycles. The Labute approximate surface area is 165 Å². The molecule has 0 saturated carbocycles. The Bertz CT molecular complexity index is 926. The van der Waals surface area contributed by atoms with E-state index in [2.05, 4.69) is 27.7 Å². The van der Waals surface area contributed by atoms with Crippen molar-refractivity contribution < 1.29 is 14.8 Å². The number of carboxylic acid groups (broad SMARTS) is 1. The van der Waals surface area contributed by atoms with Gasteiger partial charge in [-0.05, 0) is 64.8 Å². The van der Waals surface area contributed by atoms with E-state index in [4.69, 9.17) is 0 Å². The van der Waals surface area contributed by atoms with Crippen LogP contribution in [0.25, 0.3) is 0 Å². The van der Waals surface area contributed by atoms with E-state index in [0.29, 0.717) is 18.4 Å². The highest BCUT2D eigenvalue weighted by atomic mass is 16.6. The third-order valence-corrected chi connectivity index (χ3v) is 6.14. The molecule has 148 valence electrons. The van der Waals surface area contributed by atoms with Gasteiger partial charge in [0.1, 0.15) is 0 Å². The van der Waals surface area contributed by atoms with Crippen LogP contribution in [0, 0.1) is 10.1 Å². The lowest BCUT2D eigenvalue weighted by Crippen LogP contribution is -2.35. The number of nitro groups is 1. The van der Waals surface area contributed by atoms with Crippen molar-refractivity contribution in [2.45, 2.75) is 64.2 Å². The summed E-state index contributed by atoms with van der Waals surface area (Å²) in [7, 11) is 0. The molecule has 28 heavy (non-hydrogen) atoms. The predicted octanol–water partition coefficient (Wildman–Crippen LogP) is 5.43. The fourth-order valence-electron chi connectivity index (χ4n) is 4.38. The highest BCUT2D eigenvalue weighted by molar-refractivity contribution is 5.90. The molecule has 0 unspecified atom stereocenters. The number of aryl methyl sites for hydroxylation is 1. The molecule has 0 fully saturated rings. The van der Waals surface area contributed by atoms with Crippen LogP contribution in [-0.2, 0) is 23.7 Å². The van der Waals surface area contributed by atoms with Crippen LogP contribution < -0.4 is 0 Å². The van der Waals surface area contributed by atoms with Crippen LogP contribution in [0.3, 0.4) is 0 Å². The van der Waals surface area contributed by atoms with Crippen LogP contribution in [0.4, 0.5) is 5.69 Å². The Morgan fingerprint density at radius 2 is 1.61 bits per heavy atom. The average Bonchev–Trinajstić information content (AvgIpc) is 2.63. The van der Waals surface area contributed by atoms with Crippen molar-refractivity contribution in [3.8, 4) is 0 Å². The zero-order valence-corrected chi connectivity index (χ0v) is 16.9. The van der Waals surface area contributed by atoms with Crippen molar-refractivity contribution in [3.63, 3.8) is 0 Å². The van der Waals surface area contributed by atoms with Gasteiger partial charge in [-0.2, -0.15) is 0 Å². The molecule has 5 heteroatoms. The van der Waals surface area contributed by atoms with E-state index in [1.165, 1.54) is 23.3 Å². The standard InChI is InChI=1S/C23H27NO4/c1-22(2)13-14-23(3,4)20-17(18(21(25)26)11-12-19(20)22)10-7-15-5-8-16(9-6-15)24(27)28/h5-6,8-9,11-12H,7,10,13-14H2,1-4H3,(H,25,26). The van der Waals surface area contributed by atoms with Gasteiger partial charge in [0.25, 0.3) is 5.69 Å². The summed E-state index contributed by atoms with van der Waals surface area (Å²) in [6, 6.07) is 10.2. The average molecular weight is 381 g/mol. The molecule has 0 spiro atoms. The van der Waals surface area contributed by atoms with Crippen molar-refractivity contribution in [2.24, 2.45) is 0 Å². The summed E-state index contributed by atoms with van der Waals surface area (Å²) in [5, 5.41) is 20.6. The Hall–Kier alpha value is -2.69. The van der Waals surface area contributed by atoms with Gasteiger partial charge in [-0.15, -0.1) is 0 Å². The lowest BCUT2D eigenvalue weighted by Gasteiger charge is -2.43. The van der Waals surface area contributed by atoms with Crippen LogP contribution in [-0.4, -0.2) is 16.0 Å². The Morgan fingerprint density at radius 3 is 2.18 bits per heavy atom. The summed E-state index contributed by atoms with van der Waals surface area (Å²) in [4.78, 5) is 22.4. The second kappa shape index (κ2) is 7.04. The minimum atomic E-state index is -0.902. The minimum absolute atomic E-state index is 0.0179. The van der Waals surface area contributed by atoms with Gasteiger partial charge in [0.15, 0.2) is 0 Å². The molecule has 2 aromatic carbocycles. The molecular formula is C23H27NO4. The second-order valence-corrected chi connectivity index (χ2v) is 9.01. The summed E-state index contributed by atoms with van der Waals surface area (Å²) in [6.45, 7) is 8.84. The topological polar surface area (TPSA) is 80.4 Å². The number of nitro benzene ring substituents is 1. The first-order chi connectivity index (χ1) is 13.0. The van der Waals surface area contributed by atoms with Gasteiger partial charge in [-0.25, -0.2) is 4.79 Å². The molecule has 1 N–H and O–H groups in total. The monoisotopic (exact) mass is 381 g/mol. The molecule has 0 bridgehead atoms. The third kappa shape index (κ3) is 3.66. The SMILES string of the molecule is CC1(C)CCC(C)(C)c2c1ccc(C(=O)O)c2CCc1ccc([N+](=O)[O-])cc1. The molecule has 0 radical (unpaired) electrons. The van der Waals surface area contributed by atoms with Crippen molar-refractivity contribution >= 4 is 11.7 Å². The maximum absolute atomic E-state index is 11.9. The van der Waals surface area contributed by atoms with Gasteiger partial charge >= 0.3 is 5.97 Å². The van der Waals surface area contributed by atoms with E-state index >= 15 is 0 Å². The maximum atomic E-state index is 11.9. The zero-order valence-electron chi connectivity index (χ0n) is 16.9. The van der Waals surface area contributed by atoms with Gasteiger partial charge in [-0.3, -0.25) is 10.1 Å². The third-order valence-electron chi connectivity index (χ3n) is 6.14. The molecule has 2 aromatic rings. The quantitative estimate of drug-likeness (QED) is 0.553. The normalized spacial score (nSPS) is 17.0. The number of hydrogen-bond acceptors (Lipinski definition) is 3. The molecule has 3 rings (SSSR count). The minimum Gasteiger partial charge on any atom is -0.478 e. The smallest absolute Gasteiger partial charge is 0.335 e. The van der Waals surface area contributed by atoms with Gasteiger partial charge in [0.2, 0.25) is 0 Å². The van der Waals surface area contributed by atoms with E-state index in [-0.39, 0.29) is 16.5 Å². The van der Waals surface area contributed by atoms with E-state index in [9.17, 15) is 20.0 Å². The molecule has 0 saturated heterocycles. The first kappa shape index (κ1) is 20.1. The number of nitrogens with zero attached hydrogens (tertiary/aromatic N) is 1. The van der Waals surface area contributed by atoms with Crippen LogP contribution in [0.1, 0.15) is 73.1 Å². The number of fused-ring (bicyclic) bond motifs is 1. The van der Waals surface area contributed by atoms with Crippen LogP contribution >= 0.6 is 0 Å². The summed E-state index contributed by atoms with van der Waals surface area (Å²) < 4.78 is 0. The highest BCUT2D eigenvalue weighted by Crippen LogP contribution is 2.48. The first-order valence-corrected chi connectivity index (χ1v) is 9.66. The number of hydrogen-bond donors (Lipinski definition) is 1. The van der Waals surface area contributed by atoms with Gasteiger partial charge in [0, 0.05) is 12.1 Å². The molecule has 0 heterocycles. The van der Waals surface area contributed by atoms with E-state index < -0.39 is 10.9 Å². The number of rotatable bonds is 5. The van der Waals surface area contributed by atoms with E-state index in [0.717, 1.165) is 24.0 Å². The van der Waals surface area contributed by atoms with Crippen molar-refractivity contribution in [1.82, 2.24) is 0 Å². The molecule has 1 aliphatic rings. The summed E-state index contributed by atoms with van der Waals surface area (Å²) in [6.07, 6.45) is 3.33. The van der Waals surface area contributed by atoms with Crippen LogP contribution in [0.5, 0.6) is 0 Å². The largest absolute Gasteiger partial charge is 0.478 e. The lowest BCUT2D eigenvalue weighted by atomic mass is 9.61. The predicted molar refractivity (Wildman–Crippen MR) is 109 cm³/mol. The van der Waals surface area contributed by atoms with E-state index in [1.54, 1.807) is 18.2 Å². The molecule has 0 atom stereocenters. The van der Waals surface area contributed by atoms with Crippen LogP contribution in [0.2, 0.25) is 0 Å². The fraction of sp³-hybridized carbons (Fsp3) is 0.435. The van der Waals surface area contributed by atoms with Crippen LogP contribution in [0.15, 0.2) is 36.4 Å². The maximum Gasteiger partial charge on any atom is 0.335 e. The Morgan fingerprint density at radius 1 is 1.00 bits per heavy atom. The zero-order chi connectivity index (χ0) is 20.7. The number of carbonyl (C=O) groups is 1. The van der Waals surface area contributed by atoms with Gasteiger partial charge in [-0.1, -0.05) is 45.9 Å². The number of aromatic carboxylic acids is 1. The number of carboxylic acids is 1. The van der Waals surface area contributed by atoms with Crippen molar-refractivity contribution in [1.29, 1.82) is 0 Å². The summed E-state index contributed by atoms with van der Waals surface area (Å²) in [5.74, 6) is -0.902. The van der Waals surface area contributed by atoms with Gasteiger partial charge in [0.05, 0.1) is 10.5 Å². The van der Waals surface area contributed by atoms with E-state index in [1.807, 2.05) is 6.07 Å². The number of benzene rings is 2. The molecule has 5 nitrogen and oxygen atoms in total. The molecule has 0 amide bonds. The van der Waals surface area contributed by atoms with Crippen molar-refractivity contribution in [2.75, 3.05) is 0 Å². The molecule has 0 aliphatic heterocycles. The highest BCUT2D eigenvalue weighted by Gasteiger charge is 2.39. The Kier molecular flexibility index (Phi) is 5.04.